The average molecular weight is 281 g/mol. The normalized spacial score (nSPS) is 38.6. The summed E-state index contributed by atoms with van der Waals surface area (Å²) >= 11 is 0. The fourth-order valence-corrected chi connectivity index (χ4v) is 3.63. The number of nitrogens with zero attached hydrogens (tertiary/aromatic N) is 3. The second-order valence-corrected chi connectivity index (χ2v) is 6.13. The fourth-order valence-electron chi connectivity index (χ4n) is 3.63. The first-order valence-corrected chi connectivity index (χ1v) is 7.36. The third-order valence-electron chi connectivity index (χ3n) is 4.45. The maximum Gasteiger partial charge on any atom is 0.325 e. The van der Waals surface area contributed by atoms with Gasteiger partial charge in [0.25, 0.3) is 0 Å². The highest BCUT2D eigenvalue weighted by Crippen LogP contribution is 2.29. The van der Waals surface area contributed by atoms with Gasteiger partial charge in [-0.3, -0.25) is 25.2 Å². The predicted molar refractivity (Wildman–Crippen MR) is 73.5 cm³/mol. The number of likely N-dealkylation sites (N-methyl/N-ethyl adjacent to an activating group) is 1. The molecule has 0 radical (unpaired) electrons. The molecule has 20 heavy (non-hydrogen) atoms. The Morgan fingerprint density at radius 1 is 1.30 bits per heavy atom. The van der Waals surface area contributed by atoms with Gasteiger partial charge in [-0.25, -0.2) is 4.79 Å². The van der Waals surface area contributed by atoms with Crippen molar-refractivity contribution in [1.82, 2.24) is 25.3 Å². The van der Waals surface area contributed by atoms with E-state index in [2.05, 4.69) is 34.3 Å². The van der Waals surface area contributed by atoms with Crippen LogP contribution in [0.1, 0.15) is 20.3 Å². The van der Waals surface area contributed by atoms with Gasteiger partial charge in [-0.05, 0) is 12.3 Å². The van der Waals surface area contributed by atoms with Gasteiger partial charge in [0.2, 0.25) is 5.91 Å². The first-order chi connectivity index (χ1) is 9.52. The summed E-state index contributed by atoms with van der Waals surface area (Å²) in [6.07, 6.45) is 0.904. The molecule has 3 saturated heterocycles. The molecular weight excluding hydrogens is 258 g/mol. The van der Waals surface area contributed by atoms with Crippen molar-refractivity contribution in [3.05, 3.63) is 0 Å². The Morgan fingerprint density at radius 3 is 2.75 bits per heavy atom. The van der Waals surface area contributed by atoms with E-state index < -0.39 is 0 Å². The maximum absolute atomic E-state index is 12.2. The molecule has 3 rings (SSSR count). The minimum Gasteiger partial charge on any atom is -0.310 e. The number of nitrogens with one attached hydrogen (secondary N) is 2. The van der Waals surface area contributed by atoms with Crippen LogP contribution in [0.4, 0.5) is 4.79 Å². The van der Waals surface area contributed by atoms with E-state index in [-0.39, 0.29) is 30.4 Å². The summed E-state index contributed by atoms with van der Waals surface area (Å²) in [5.74, 6) is 0.340. The van der Waals surface area contributed by atoms with Crippen LogP contribution < -0.4 is 10.6 Å². The van der Waals surface area contributed by atoms with Crippen molar-refractivity contribution >= 4 is 11.9 Å². The van der Waals surface area contributed by atoms with Crippen LogP contribution in [0.15, 0.2) is 0 Å². The van der Waals surface area contributed by atoms with Crippen molar-refractivity contribution < 1.29 is 9.59 Å². The van der Waals surface area contributed by atoms with Gasteiger partial charge in [-0.15, -0.1) is 0 Å². The lowest BCUT2D eigenvalue weighted by atomic mass is 10.1. The van der Waals surface area contributed by atoms with Crippen LogP contribution in [0.2, 0.25) is 0 Å². The van der Waals surface area contributed by atoms with Crippen LogP contribution in [0.25, 0.3) is 0 Å². The van der Waals surface area contributed by atoms with Gasteiger partial charge in [0.05, 0.1) is 0 Å². The quantitative estimate of drug-likeness (QED) is 0.708. The van der Waals surface area contributed by atoms with E-state index in [4.69, 9.17) is 0 Å². The van der Waals surface area contributed by atoms with E-state index in [9.17, 15) is 9.59 Å². The fraction of sp³-hybridized carbons (Fsp3) is 0.846. The molecule has 0 spiro atoms. The highest BCUT2D eigenvalue weighted by Gasteiger charge is 2.54. The van der Waals surface area contributed by atoms with Crippen LogP contribution in [0.3, 0.4) is 0 Å². The van der Waals surface area contributed by atoms with Gasteiger partial charge >= 0.3 is 6.03 Å². The molecule has 7 heteroatoms. The molecule has 4 unspecified atom stereocenters. The zero-order valence-electron chi connectivity index (χ0n) is 12.3. The summed E-state index contributed by atoms with van der Waals surface area (Å²) in [7, 11) is 1.73. The summed E-state index contributed by atoms with van der Waals surface area (Å²) in [6, 6.07) is -0.608. The Kier molecular flexibility index (Phi) is 3.43. The van der Waals surface area contributed by atoms with E-state index in [1.165, 1.54) is 0 Å². The number of hydrogen-bond acceptors (Lipinski definition) is 5. The molecule has 0 aliphatic carbocycles. The van der Waals surface area contributed by atoms with Crippen molar-refractivity contribution in [1.29, 1.82) is 0 Å². The van der Waals surface area contributed by atoms with E-state index >= 15 is 0 Å². The minimum absolute atomic E-state index is 0.0558. The lowest BCUT2D eigenvalue weighted by Gasteiger charge is -2.43. The number of fused-ring (bicyclic) bond motifs is 3. The van der Waals surface area contributed by atoms with Crippen molar-refractivity contribution in [3.63, 3.8) is 0 Å². The minimum atomic E-state index is -0.321. The Morgan fingerprint density at radius 2 is 2.05 bits per heavy atom. The zero-order valence-corrected chi connectivity index (χ0v) is 12.3. The summed E-state index contributed by atoms with van der Waals surface area (Å²) in [4.78, 5) is 30.1. The number of imide groups is 1. The molecular formula is C13H23N5O2. The topological polar surface area (TPSA) is 67.9 Å². The largest absolute Gasteiger partial charge is 0.325 e. The van der Waals surface area contributed by atoms with E-state index in [0.29, 0.717) is 5.92 Å². The Hall–Kier alpha value is -1.18. The van der Waals surface area contributed by atoms with Crippen molar-refractivity contribution in [2.24, 2.45) is 5.92 Å². The monoisotopic (exact) mass is 281 g/mol. The molecule has 7 nitrogen and oxygen atoms in total. The number of urea groups is 1. The van der Waals surface area contributed by atoms with Crippen molar-refractivity contribution in [2.75, 3.05) is 26.7 Å². The molecule has 0 aromatic rings. The highest BCUT2D eigenvalue weighted by atomic mass is 16.2. The summed E-state index contributed by atoms with van der Waals surface area (Å²) in [6.45, 7) is 7.28. The van der Waals surface area contributed by atoms with Gasteiger partial charge in [-0.2, -0.15) is 0 Å². The van der Waals surface area contributed by atoms with E-state index in [1.807, 2.05) is 0 Å². The van der Waals surface area contributed by atoms with Crippen LogP contribution >= 0.6 is 0 Å². The Bertz CT molecular complexity index is 429. The Labute approximate surface area is 119 Å². The summed E-state index contributed by atoms with van der Waals surface area (Å²) in [5.41, 5.74) is 0. The molecule has 0 aromatic carbocycles. The first-order valence-electron chi connectivity index (χ1n) is 7.36. The van der Waals surface area contributed by atoms with Crippen molar-refractivity contribution in [2.45, 2.75) is 38.8 Å². The molecule has 3 fully saturated rings. The van der Waals surface area contributed by atoms with E-state index in [1.54, 1.807) is 11.9 Å². The summed E-state index contributed by atoms with van der Waals surface area (Å²) in [5, 5.41) is 5.90. The predicted octanol–water partition coefficient (Wildman–Crippen LogP) is -0.587. The lowest BCUT2D eigenvalue weighted by molar-refractivity contribution is -0.130. The highest BCUT2D eigenvalue weighted by molar-refractivity contribution is 6.00. The molecule has 3 aliphatic rings. The molecule has 0 bridgehead atoms. The summed E-state index contributed by atoms with van der Waals surface area (Å²) < 4.78 is 0. The molecule has 3 amide bonds. The number of carbonyl (C=O) groups is 2. The number of amides is 3. The third-order valence-corrected chi connectivity index (χ3v) is 4.45. The van der Waals surface area contributed by atoms with Crippen LogP contribution in [0.5, 0.6) is 0 Å². The van der Waals surface area contributed by atoms with Crippen molar-refractivity contribution in [3.8, 4) is 0 Å². The van der Waals surface area contributed by atoms with Crippen LogP contribution in [-0.2, 0) is 4.79 Å². The van der Waals surface area contributed by atoms with Gasteiger partial charge in [0, 0.05) is 26.7 Å². The SMILES string of the molecule is CCCN1CC(C)CN2C3C(=O)NC(=O)N(C)C3NC12. The maximum atomic E-state index is 12.2. The Balaban J connectivity index is 1.87. The average Bonchev–Trinajstić information content (AvgIpc) is 2.76. The lowest BCUT2D eigenvalue weighted by Crippen LogP contribution is -2.65. The van der Waals surface area contributed by atoms with Gasteiger partial charge in [0.1, 0.15) is 18.5 Å². The molecule has 0 aromatic heterocycles. The van der Waals surface area contributed by atoms with Gasteiger partial charge in [-0.1, -0.05) is 13.8 Å². The second kappa shape index (κ2) is 4.98. The molecule has 112 valence electrons. The van der Waals surface area contributed by atoms with E-state index in [0.717, 1.165) is 26.1 Å². The standard InChI is InChI=1S/C13H23N5O2/c1-4-5-17-6-8(2)7-18-9-10(14-12(17)18)16(3)13(20)15-11(9)19/h8-10,12,14H,4-7H2,1-3H3,(H,15,19,20). The number of carbonyl (C=O) groups excluding carboxylic acids is 2. The molecule has 3 aliphatic heterocycles. The molecule has 2 N–H and O–H groups in total. The number of rotatable bonds is 2. The second-order valence-electron chi connectivity index (χ2n) is 6.13. The van der Waals surface area contributed by atoms with Crippen LogP contribution in [0, 0.1) is 5.92 Å². The smallest absolute Gasteiger partial charge is 0.310 e. The number of hydrogen-bond donors (Lipinski definition) is 2. The molecule has 0 saturated carbocycles. The van der Waals surface area contributed by atoms with Crippen LogP contribution in [-0.4, -0.2) is 71.8 Å². The zero-order chi connectivity index (χ0) is 14.4. The van der Waals surface area contributed by atoms with Gasteiger partial charge < -0.3 is 4.90 Å². The van der Waals surface area contributed by atoms with Gasteiger partial charge in [0.15, 0.2) is 0 Å². The molecule has 4 atom stereocenters. The molecule has 3 heterocycles. The first kappa shape index (κ1) is 13.8. The third kappa shape index (κ3) is 2.01.